The van der Waals surface area contributed by atoms with Crippen LogP contribution < -0.4 is 15.4 Å². The van der Waals surface area contributed by atoms with Crippen molar-refractivity contribution in [1.82, 2.24) is 9.88 Å². The molecule has 1 atom stereocenters. The van der Waals surface area contributed by atoms with Gasteiger partial charge in [-0.1, -0.05) is 6.07 Å². The number of aromatic amines is 1. The summed E-state index contributed by atoms with van der Waals surface area (Å²) in [6.45, 7) is 1.39. The van der Waals surface area contributed by atoms with Crippen molar-refractivity contribution in [1.29, 1.82) is 0 Å². The van der Waals surface area contributed by atoms with E-state index in [0.717, 1.165) is 45.2 Å². The van der Waals surface area contributed by atoms with Gasteiger partial charge in [0.2, 0.25) is 0 Å². The molecule has 192 valence electrons. The van der Waals surface area contributed by atoms with Crippen molar-refractivity contribution in [2.24, 2.45) is 0 Å². The zero-order valence-corrected chi connectivity index (χ0v) is 21.8. The lowest BCUT2D eigenvalue weighted by molar-refractivity contribution is 0.0600. The Morgan fingerprint density at radius 3 is 2.68 bits per heavy atom. The molecule has 5 rings (SSSR count). The first-order chi connectivity index (χ1) is 17.8. The molecule has 0 fully saturated rings. The first-order valence-corrected chi connectivity index (χ1v) is 12.6. The Morgan fingerprint density at radius 1 is 1.14 bits per heavy atom. The molecule has 1 amide bonds. The number of nitrogens with zero attached hydrogens (tertiary/aromatic N) is 2. The molecule has 3 aromatic carbocycles. The number of H-pyrrole nitrogens is 1. The van der Waals surface area contributed by atoms with Gasteiger partial charge in [0.1, 0.15) is 18.1 Å². The Bertz CT molecular complexity index is 1510. The number of fused-ring (bicyclic) bond motifs is 4. The number of nitrogen functional groups attached to an aromatic ring is 1. The van der Waals surface area contributed by atoms with Crippen LogP contribution in [0.25, 0.3) is 21.7 Å². The summed E-state index contributed by atoms with van der Waals surface area (Å²) in [6.07, 6.45) is 0.586. The van der Waals surface area contributed by atoms with Crippen LogP contribution in [0, 0.1) is 0 Å². The lowest BCUT2D eigenvalue weighted by Gasteiger charge is -2.24. The summed E-state index contributed by atoms with van der Waals surface area (Å²) in [5.41, 5.74) is 10.3. The molecule has 9 heteroatoms. The molecule has 0 radical (unpaired) electrons. The molecular weight excluding hydrogens is 492 g/mol. The van der Waals surface area contributed by atoms with Gasteiger partial charge in [-0.3, -0.25) is 4.79 Å². The van der Waals surface area contributed by atoms with Gasteiger partial charge >= 0.3 is 5.97 Å². The number of halogens is 1. The lowest BCUT2D eigenvalue weighted by atomic mass is 9.98. The average molecular weight is 521 g/mol. The number of aromatic nitrogens is 1. The van der Waals surface area contributed by atoms with E-state index in [4.69, 9.17) is 26.8 Å². The van der Waals surface area contributed by atoms with Gasteiger partial charge < -0.3 is 30.0 Å². The minimum Gasteiger partial charge on any atom is -0.492 e. The lowest BCUT2D eigenvalue weighted by Crippen LogP contribution is -2.39. The molecule has 3 N–H and O–H groups in total. The molecule has 0 aliphatic carbocycles. The van der Waals surface area contributed by atoms with Gasteiger partial charge in [0.05, 0.1) is 24.4 Å². The number of methoxy groups -OCH3 is 1. The van der Waals surface area contributed by atoms with Crippen LogP contribution in [-0.4, -0.2) is 68.0 Å². The van der Waals surface area contributed by atoms with Crippen molar-refractivity contribution in [3.8, 4) is 5.75 Å². The number of ether oxygens (including phenoxy) is 2. The highest BCUT2D eigenvalue weighted by molar-refractivity contribution is 6.20. The number of carbonyl (C=O) groups excluding carboxylic acids is 2. The smallest absolute Gasteiger partial charge is 0.337 e. The molecule has 8 nitrogen and oxygen atoms in total. The van der Waals surface area contributed by atoms with Gasteiger partial charge in [-0.05, 0) is 73.9 Å². The summed E-state index contributed by atoms with van der Waals surface area (Å²) in [6, 6.07) is 14.4. The normalized spacial score (nSPS) is 14.9. The highest BCUT2D eigenvalue weighted by Crippen LogP contribution is 2.42. The molecule has 0 saturated carbocycles. The molecule has 1 aliphatic heterocycles. The minimum atomic E-state index is -0.428. The van der Waals surface area contributed by atoms with Crippen LogP contribution >= 0.6 is 11.6 Å². The van der Waals surface area contributed by atoms with Crippen LogP contribution in [0.15, 0.2) is 48.5 Å². The number of benzene rings is 3. The number of rotatable bonds is 7. The molecule has 37 heavy (non-hydrogen) atoms. The number of hydrogen-bond donors (Lipinski definition) is 2. The average Bonchev–Trinajstić information content (AvgIpc) is 3.48. The second kappa shape index (κ2) is 9.95. The summed E-state index contributed by atoms with van der Waals surface area (Å²) >= 11 is 6.35. The van der Waals surface area contributed by atoms with Gasteiger partial charge in [-0.2, -0.15) is 0 Å². The highest BCUT2D eigenvalue weighted by Gasteiger charge is 2.36. The molecule has 1 unspecified atom stereocenters. The number of carbonyl (C=O) groups is 2. The second-order valence-corrected chi connectivity index (χ2v) is 9.80. The quantitative estimate of drug-likeness (QED) is 0.212. The number of nitrogens with two attached hydrogens (primary N) is 1. The molecular formula is C28H29ClN4O4. The summed E-state index contributed by atoms with van der Waals surface area (Å²) in [4.78, 5) is 32.9. The van der Waals surface area contributed by atoms with Crippen LogP contribution in [0.2, 0.25) is 0 Å². The van der Waals surface area contributed by atoms with Crippen molar-refractivity contribution in [2.45, 2.75) is 12.5 Å². The van der Waals surface area contributed by atoms with Gasteiger partial charge in [0.25, 0.3) is 5.91 Å². The van der Waals surface area contributed by atoms with E-state index < -0.39 is 5.97 Å². The Balaban J connectivity index is 1.49. The fourth-order valence-corrected chi connectivity index (χ4v) is 5.13. The Morgan fingerprint density at radius 2 is 1.95 bits per heavy atom. The van der Waals surface area contributed by atoms with Gasteiger partial charge in [-0.15, -0.1) is 11.6 Å². The Kier molecular flexibility index (Phi) is 6.70. The maximum atomic E-state index is 13.8. The van der Waals surface area contributed by atoms with Crippen molar-refractivity contribution in [3.63, 3.8) is 0 Å². The fourth-order valence-electron chi connectivity index (χ4n) is 4.88. The van der Waals surface area contributed by atoms with Crippen LogP contribution in [0.3, 0.4) is 0 Å². The van der Waals surface area contributed by atoms with E-state index in [1.54, 1.807) is 23.1 Å². The van der Waals surface area contributed by atoms with E-state index in [9.17, 15) is 9.59 Å². The number of esters is 1. The van der Waals surface area contributed by atoms with E-state index in [1.165, 1.54) is 7.11 Å². The highest BCUT2D eigenvalue weighted by atomic mass is 35.5. The largest absolute Gasteiger partial charge is 0.492 e. The maximum Gasteiger partial charge on any atom is 0.337 e. The Hall–Kier alpha value is -3.75. The van der Waals surface area contributed by atoms with Crippen LogP contribution in [0.4, 0.5) is 11.4 Å². The zero-order valence-electron chi connectivity index (χ0n) is 21.0. The van der Waals surface area contributed by atoms with E-state index in [2.05, 4.69) is 9.88 Å². The van der Waals surface area contributed by atoms with Crippen LogP contribution in [-0.2, 0) is 11.2 Å². The second-order valence-electron chi connectivity index (χ2n) is 9.49. The van der Waals surface area contributed by atoms with Gasteiger partial charge in [-0.25, -0.2) is 4.79 Å². The predicted octanol–water partition coefficient (Wildman–Crippen LogP) is 4.44. The maximum absolute atomic E-state index is 13.8. The van der Waals surface area contributed by atoms with Crippen molar-refractivity contribution in [3.05, 3.63) is 65.4 Å². The third kappa shape index (κ3) is 4.58. The number of nitrogens with one attached hydrogen (secondary N) is 1. The molecule has 0 bridgehead atoms. The fraction of sp³-hybridized carbons (Fsp3) is 0.286. The third-order valence-corrected chi connectivity index (χ3v) is 7.13. The van der Waals surface area contributed by atoms with Gasteiger partial charge in [0.15, 0.2) is 0 Å². The molecule has 0 saturated heterocycles. The number of anilines is 2. The molecule has 2 heterocycles. The Labute approximate surface area is 219 Å². The molecule has 1 aromatic heterocycles. The predicted molar refractivity (Wildman–Crippen MR) is 147 cm³/mol. The molecule has 0 spiro atoms. The SMILES string of the molecule is COC(=O)c1ccc2c3c(cc(N)c2c1)N(C(=O)c1cc2cc(OCCN(C)C)ccc2[nH]1)C(CCl)C3. The first-order valence-electron chi connectivity index (χ1n) is 12.0. The first kappa shape index (κ1) is 24.9. The number of hydrogen-bond acceptors (Lipinski definition) is 6. The monoisotopic (exact) mass is 520 g/mol. The van der Waals surface area contributed by atoms with Crippen molar-refractivity contribution >= 4 is 56.5 Å². The standard InChI is InChI=1S/C28H29ClN4O4/c1-32(2)8-9-37-19-5-7-24-17(10-19)12-25(31-24)27(34)33-18(15-29)13-22-20-6-4-16(28(35)36-3)11-21(20)23(30)14-26(22)33/h4-7,10-12,14,18,31H,8-9,13,15,30H2,1-3H3. The number of amides is 1. The summed E-state index contributed by atoms with van der Waals surface area (Å²) in [5, 5.41) is 2.53. The summed E-state index contributed by atoms with van der Waals surface area (Å²) in [5.74, 6) is 0.414. The summed E-state index contributed by atoms with van der Waals surface area (Å²) < 4.78 is 10.7. The van der Waals surface area contributed by atoms with E-state index >= 15 is 0 Å². The zero-order chi connectivity index (χ0) is 26.3. The van der Waals surface area contributed by atoms with Gasteiger partial charge in [0, 0.05) is 34.4 Å². The summed E-state index contributed by atoms with van der Waals surface area (Å²) in [7, 11) is 5.34. The van der Waals surface area contributed by atoms with Crippen LogP contribution in [0.5, 0.6) is 5.75 Å². The van der Waals surface area contributed by atoms with E-state index in [1.807, 2.05) is 44.4 Å². The van der Waals surface area contributed by atoms with Crippen LogP contribution in [0.1, 0.15) is 26.4 Å². The van der Waals surface area contributed by atoms with Crippen molar-refractivity contribution in [2.75, 3.05) is 50.9 Å². The number of alkyl halides is 1. The number of likely N-dealkylation sites (N-methyl/N-ethyl adjacent to an activating group) is 1. The molecule has 4 aromatic rings. The topological polar surface area (TPSA) is 101 Å². The van der Waals surface area contributed by atoms with E-state index in [0.29, 0.717) is 30.0 Å². The third-order valence-electron chi connectivity index (χ3n) is 6.77. The molecule has 1 aliphatic rings. The van der Waals surface area contributed by atoms with E-state index in [-0.39, 0.29) is 17.8 Å². The minimum absolute atomic E-state index is 0.180. The van der Waals surface area contributed by atoms with Crippen molar-refractivity contribution < 1.29 is 19.1 Å².